The van der Waals surface area contributed by atoms with Crippen LogP contribution in [-0.2, 0) is 15.0 Å². The van der Waals surface area contributed by atoms with Crippen molar-refractivity contribution in [1.82, 2.24) is 13.5 Å². The summed E-state index contributed by atoms with van der Waals surface area (Å²) in [4.78, 5) is 13.7. The molecule has 0 spiro atoms. The van der Waals surface area contributed by atoms with Crippen LogP contribution in [-0.4, -0.2) is 73.6 Å². The molecule has 0 bridgehead atoms. The summed E-state index contributed by atoms with van der Waals surface area (Å²) >= 11 is 0. The van der Waals surface area contributed by atoms with Crippen LogP contribution >= 0.6 is 0 Å². The van der Waals surface area contributed by atoms with Gasteiger partial charge >= 0.3 is 0 Å². The highest BCUT2D eigenvalue weighted by Crippen LogP contribution is 2.25. The third-order valence-electron chi connectivity index (χ3n) is 4.97. The summed E-state index contributed by atoms with van der Waals surface area (Å²) in [7, 11) is -1.72. The van der Waals surface area contributed by atoms with E-state index < -0.39 is 10.2 Å². The molecular weight excluding hydrogens is 316 g/mol. The summed E-state index contributed by atoms with van der Waals surface area (Å²) in [6.45, 7) is 2.22. The molecule has 134 valence electrons. The van der Waals surface area contributed by atoms with Crippen molar-refractivity contribution in [2.24, 2.45) is 5.73 Å². The van der Waals surface area contributed by atoms with Gasteiger partial charge in [0.25, 0.3) is 10.2 Å². The van der Waals surface area contributed by atoms with Gasteiger partial charge in [-0.25, -0.2) is 0 Å². The minimum atomic E-state index is -3.42. The molecule has 1 aliphatic carbocycles. The molecule has 2 rings (SSSR count). The Bertz CT molecular complexity index is 483. The van der Waals surface area contributed by atoms with E-state index in [4.69, 9.17) is 5.73 Å². The summed E-state index contributed by atoms with van der Waals surface area (Å²) in [5.41, 5.74) is 5.43. The predicted octanol–water partition coefficient (Wildman–Crippen LogP) is 0.379. The van der Waals surface area contributed by atoms with Gasteiger partial charge in [-0.1, -0.05) is 19.3 Å². The summed E-state index contributed by atoms with van der Waals surface area (Å²) in [5, 5.41) is 0. The average Bonchev–Trinajstić information content (AvgIpc) is 2.59. The molecule has 0 radical (unpaired) electrons. The molecule has 0 aromatic rings. The molecule has 23 heavy (non-hydrogen) atoms. The molecule has 2 aliphatic rings. The van der Waals surface area contributed by atoms with Crippen LogP contribution in [0, 0.1) is 0 Å². The SMILES string of the molecule is CN(C1CCCCC1)S(=O)(=O)N1CCN(C(=O)CCCN)CC1. The number of piperazine rings is 1. The number of rotatable bonds is 6. The van der Waals surface area contributed by atoms with E-state index in [0.717, 1.165) is 25.7 Å². The van der Waals surface area contributed by atoms with Crippen LogP contribution in [0.4, 0.5) is 0 Å². The number of carbonyl (C=O) groups is 1. The zero-order valence-corrected chi connectivity index (χ0v) is 14.9. The Morgan fingerprint density at radius 1 is 1.13 bits per heavy atom. The minimum absolute atomic E-state index is 0.0770. The van der Waals surface area contributed by atoms with E-state index in [1.54, 1.807) is 16.3 Å². The van der Waals surface area contributed by atoms with Crippen molar-refractivity contribution in [3.63, 3.8) is 0 Å². The normalized spacial score (nSPS) is 21.8. The molecule has 0 aromatic carbocycles. The Morgan fingerprint density at radius 3 is 2.30 bits per heavy atom. The van der Waals surface area contributed by atoms with Gasteiger partial charge in [0.05, 0.1) is 0 Å². The fraction of sp³-hybridized carbons (Fsp3) is 0.933. The first-order chi connectivity index (χ1) is 11.0. The van der Waals surface area contributed by atoms with E-state index in [1.165, 1.54) is 10.7 Å². The Labute approximate surface area is 140 Å². The Hall–Kier alpha value is -0.700. The van der Waals surface area contributed by atoms with E-state index in [-0.39, 0.29) is 11.9 Å². The first kappa shape index (κ1) is 18.6. The highest BCUT2D eigenvalue weighted by atomic mass is 32.2. The van der Waals surface area contributed by atoms with Crippen molar-refractivity contribution in [1.29, 1.82) is 0 Å². The summed E-state index contributed by atoms with van der Waals surface area (Å²) in [6.07, 6.45) is 6.45. The van der Waals surface area contributed by atoms with Gasteiger partial charge in [-0.2, -0.15) is 17.0 Å². The minimum Gasteiger partial charge on any atom is -0.340 e. The van der Waals surface area contributed by atoms with Crippen LogP contribution in [0.1, 0.15) is 44.9 Å². The molecule has 7 nitrogen and oxygen atoms in total. The smallest absolute Gasteiger partial charge is 0.282 e. The fourth-order valence-electron chi connectivity index (χ4n) is 3.39. The third kappa shape index (κ3) is 4.65. The van der Waals surface area contributed by atoms with Crippen molar-refractivity contribution in [3.8, 4) is 0 Å². The van der Waals surface area contributed by atoms with Gasteiger partial charge in [-0.15, -0.1) is 0 Å². The van der Waals surface area contributed by atoms with E-state index >= 15 is 0 Å². The molecule has 0 aromatic heterocycles. The Kier molecular flexibility index (Phi) is 6.82. The number of hydrogen-bond donors (Lipinski definition) is 1. The highest BCUT2D eigenvalue weighted by molar-refractivity contribution is 7.86. The third-order valence-corrected chi connectivity index (χ3v) is 7.01. The van der Waals surface area contributed by atoms with Crippen LogP contribution < -0.4 is 5.73 Å². The highest BCUT2D eigenvalue weighted by Gasteiger charge is 2.35. The Balaban J connectivity index is 1.88. The second-order valence-corrected chi connectivity index (χ2v) is 8.48. The van der Waals surface area contributed by atoms with Crippen LogP contribution in [0.25, 0.3) is 0 Å². The topological polar surface area (TPSA) is 87.0 Å². The van der Waals surface area contributed by atoms with Crippen LogP contribution in [0.5, 0.6) is 0 Å². The van der Waals surface area contributed by atoms with Gasteiger partial charge < -0.3 is 10.6 Å². The molecule has 0 unspecified atom stereocenters. The molecule has 2 N–H and O–H groups in total. The number of carbonyl (C=O) groups excluding carboxylic acids is 1. The lowest BCUT2D eigenvalue weighted by Crippen LogP contribution is -2.55. The molecular formula is C15H30N4O3S. The first-order valence-electron chi connectivity index (χ1n) is 8.67. The zero-order valence-electron chi connectivity index (χ0n) is 14.1. The van der Waals surface area contributed by atoms with Crippen molar-refractivity contribution < 1.29 is 13.2 Å². The predicted molar refractivity (Wildman–Crippen MR) is 90.0 cm³/mol. The van der Waals surface area contributed by atoms with Gasteiger partial charge in [-0.3, -0.25) is 4.79 Å². The summed E-state index contributed by atoms with van der Waals surface area (Å²) in [6, 6.07) is 0.123. The second-order valence-electron chi connectivity index (χ2n) is 6.49. The lowest BCUT2D eigenvalue weighted by Gasteiger charge is -2.38. The van der Waals surface area contributed by atoms with E-state index in [0.29, 0.717) is 45.6 Å². The van der Waals surface area contributed by atoms with Gasteiger partial charge in [0, 0.05) is 45.7 Å². The maximum absolute atomic E-state index is 12.8. The van der Waals surface area contributed by atoms with E-state index in [1.807, 2.05) is 0 Å². The molecule has 2 fully saturated rings. The van der Waals surface area contributed by atoms with Crippen molar-refractivity contribution >= 4 is 16.1 Å². The number of amides is 1. The second kappa shape index (κ2) is 8.41. The van der Waals surface area contributed by atoms with E-state index in [9.17, 15) is 13.2 Å². The van der Waals surface area contributed by atoms with Crippen molar-refractivity contribution in [2.75, 3.05) is 39.8 Å². The number of nitrogens with zero attached hydrogens (tertiary/aromatic N) is 3. The van der Waals surface area contributed by atoms with Gasteiger partial charge in [0.15, 0.2) is 0 Å². The number of nitrogens with two attached hydrogens (primary N) is 1. The largest absolute Gasteiger partial charge is 0.340 e. The quantitative estimate of drug-likeness (QED) is 0.753. The molecule has 1 saturated heterocycles. The maximum atomic E-state index is 12.8. The molecule has 1 heterocycles. The molecule has 1 amide bonds. The van der Waals surface area contributed by atoms with Crippen LogP contribution in [0.2, 0.25) is 0 Å². The lowest BCUT2D eigenvalue weighted by molar-refractivity contribution is -0.132. The van der Waals surface area contributed by atoms with Crippen LogP contribution in [0.3, 0.4) is 0 Å². The molecule has 8 heteroatoms. The standard InChI is InChI=1S/C15H30N4O3S/c1-17(14-6-3-2-4-7-14)23(21,22)19-12-10-18(11-13-19)15(20)8-5-9-16/h14H,2-13,16H2,1H3. The van der Waals surface area contributed by atoms with Crippen molar-refractivity contribution in [3.05, 3.63) is 0 Å². The first-order valence-corrected chi connectivity index (χ1v) is 10.1. The summed E-state index contributed by atoms with van der Waals surface area (Å²) < 4.78 is 28.6. The Morgan fingerprint density at radius 2 is 1.74 bits per heavy atom. The van der Waals surface area contributed by atoms with Crippen molar-refractivity contribution in [2.45, 2.75) is 51.0 Å². The van der Waals surface area contributed by atoms with Gasteiger partial charge in [0.2, 0.25) is 5.91 Å². The summed E-state index contributed by atoms with van der Waals surface area (Å²) in [5.74, 6) is 0.0770. The maximum Gasteiger partial charge on any atom is 0.282 e. The van der Waals surface area contributed by atoms with Gasteiger partial charge in [-0.05, 0) is 25.8 Å². The average molecular weight is 346 g/mol. The number of hydrogen-bond acceptors (Lipinski definition) is 4. The molecule has 0 atom stereocenters. The monoisotopic (exact) mass is 346 g/mol. The molecule has 1 saturated carbocycles. The fourth-order valence-corrected chi connectivity index (χ4v) is 4.97. The lowest BCUT2D eigenvalue weighted by atomic mass is 9.96. The van der Waals surface area contributed by atoms with Gasteiger partial charge in [0.1, 0.15) is 0 Å². The van der Waals surface area contributed by atoms with Crippen LogP contribution in [0.15, 0.2) is 0 Å². The molecule has 1 aliphatic heterocycles. The van der Waals surface area contributed by atoms with E-state index in [2.05, 4.69) is 0 Å². The zero-order chi connectivity index (χ0) is 16.9.